The molecule has 2 heterocycles. The van der Waals surface area contributed by atoms with Crippen LogP contribution in [0.15, 0.2) is 29.3 Å². The van der Waals surface area contributed by atoms with Crippen LogP contribution in [0.4, 0.5) is 5.13 Å². The van der Waals surface area contributed by atoms with Crippen molar-refractivity contribution in [1.29, 1.82) is 0 Å². The third-order valence-corrected chi connectivity index (χ3v) is 4.28. The smallest absolute Gasteiger partial charge is 0.236 e. The van der Waals surface area contributed by atoms with Gasteiger partial charge in [0.2, 0.25) is 11.0 Å². The molecule has 0 unspecified atom stereocenters. The number of benzene rings is 1. The summed E-state index contributed by atoms with van der Waals surface area (Å²) in [5.74, 6) is 0.369. The lowest BCUT2D eigenvalue weighted by atomic mass is 10.2. The fourth-order valence-electron chi connectivity index (χ4n) is 1.44. The fourth-order valence-corrected chi connectivity index (χ4v) is 3.03. The van der Waals surface area contributed by atoms with E-state index in [0.29, 0.717) is 21.1 Å². The van der Waals surface area contributed by atoms with Gasteiger partial charge in [-0.05, 0) is 12.1 Å². The number of aromatic nitrogens is 2. The highest BCUT2D eigenvalue weighted by atomic mass is 35.5. The van der Waals surface area contributed by atoms with E-state index in [1.807, 2.05) is 12.1 Å². The highest BCUT2D eigenvalue weighted by Crippen LogP contribution is 2.29. The van der Waals surface area contributed by atoms with E-state index in [1.54, 1.807) is 12.1 Å². The average Bonchev–Trinajstić information content (AvgIpc) is 3.00. The van der Waals surface area contributed by atoms with Crippen molar-refractivity contribution in [1.82, 2.24) is 15.5 Å². The molecule has 0 bridgehead atoms. The van der Waals surface area contributed by atoms with Crippen LogP contribution in [0.5, 0.6) is 0 Å². The Labute approximate surface area is 122 Å². The zero-order chi connectivity index (χ0) is 13.2. The molecule has 1 amide bonds. The minimum atomic E-state index is -0.0359. The van der Waals surface area contributed by atoms with Gasteiger partial charge in [-0.1, -0.05) is 46.8 Å². The second-order valence-corrected chi connectivity index (χ2v) is 6.01. The average molecular weight is 311 g/mol. The molecular formula is C11H7ClN4OS2. The van der Waals surface area contributed by atoms with Crippen LogP contribution in [-0.2, 0) is 4.79 Å². The zero-order valence-electron chi connectivity index (χ0n) is 9.46. The summed E-state index contributed by atoms with van der Waals surface area (Å²) in [5.41, 5.74) is 0.941. The highest BCUT2D eigenvalue weighted by molar-refractivity contribution is 8.15. The van der Waals surface area contributed by atoms with Crippen molar-refractivity contribution < 1.29 is 4.79 Å². The summed E-state index contributed by atoms with van der Waals surface area (Å²) < 4.78 is 0. The first-order chi connectivity index (χ1) is 9.20. The number of halogens is 1. The van der Waals surface area contributed by atoms with Gasteiger partial charge in [-0.15, -0.1) is 10.2 Å². The van der Waals surface area contributed by atoms with Crippen molar-refractivity contribution in [2.24, 2.45) is 4.99 Å². The van der Waals surface area contributed by atoms with Gasteiger partial charge < -0.3 is 5.32 Å². The summed E-state index contributed by atoms with van der Waals surface area (Å²) in [5, 5.41) is 13.3. The van der Waals surface area contributed by atoms with E-state index in [1.165, 1.54) is 23.1 Å². The van der Waals surface area contributed by atoms with Crippen molar-refractivity contribution >= 4 is 50.9 Å². The number of amides is 1. The molecule has 1 aromatic heterocycles. The Morgan fingerprint density at radius 3 is 2.74 bits per heavy atom. The van der Waals surface area contributed by atoms with E-state index in [4.69, 9.17) is 11.6 Å². The van der Waals surface area contributed by atoms with Crippen LogP contribution in [0.3, 0.4) is 0 Å². The molecule has 1 fully saturated rings. The number of nitrogens with zero attached hydrogens (tertiary/aromatic N) is 3. The molecule has 5 nitrogen and oxygen atoms in total. The van der Waals surface area contributed by atoms with Crippen molar-refractivity contribution in [3.8, 4) is 10.6 Å². The van der Waals surface area contributed by atoms with Gasteiger partial charge in [0, 0.05) is 10.6 Å². The van der Waals surface area contributed by atoms with Gasteiger partial charge in [0.25, 0.3) is 0 Å². The summed E-state index contributed by atoms with van der Waals surface area (Å²) in [7, 11) is 0. The maximum absolute atomic E-state index is 11.0. The van der Waals surface area contributed by atoms with Gasteiger partial charge in [-0.2, -0.15) is 4.99 Å². The molecular weight excluding hydrogens is 304 g/mol. The number of rotatable bonds is 2. The summed E-state index contributed by atoms with van der Waals surface area (Å²) >= 11 is 8.56. The number of amidine groups is 1. The van der Waals surface area contributed by atoms with E-state index in [2.05, 4.69) is 20.5 Å². The van der Waals surface area contributed by atoms with Crippen molar-refractivity contribution in [2.75, 3.05) is 5.75 Å². The Morgan fingerprint density at radius 2 is 2.05 bits per heavy atom. The third kappa shape index (κ3) is 2.94. The second-order valence-electron chi connectivity index (χ2n) is 3.65. The number of carbonyl (C=O) groups is 1. The van der Waals surface area contributed by atoms with Gasteiger partial charge in [-0.3, -0.25) is 4.79 Å². The molecule has 8 heteroatoms. The van der Waals surface area contributed by atoms with Crippen molar-refractivity contribution in [3.63, 3.8) is 0 Å². The molecule has 19 heavy (non-hydrogen) atoms. The second kappa shape index (κ2) is 5.28. The number of thioether (sulfide) groups is 1. The lowest BCUT2D eigenvalue weighted by Gasteiger charge is -1.94. The number of aliphatic imine (C=N–C) groups is 1. The topological polar surface area (TPSA) is 67.2 Å². The van der Waals surface area contributed by atoms with Gasteiger partial charge in [0.1, 0.15) is 5.01 Å². The normalized spacial score (nSPS) is 16.9. The van der Waals surface area contributed by atoms with E-state index >= 15 is 0 Å². The molecule has 0 aliphatic carbocycles. The SMILES string of the molecule is O=C1CS/C(=N/c2nnc(-c3ccc(Cl)cc3)s2)N1. The van der Waals surface area contributed by atoms with Gasteiger partial charge in [0.15, 0.2) is 5.17 Å². The molecule has 0 spiro atoms. The molecule has 1 saturated heterocycles. The molecule has 0 saturated carbocycles. The van der Waals surface area contributed by atoms with Gasteiger partial charge in [0.05, 0.1) is 5.75 Å². The molecule has 0 radical (unpaired) electrons. The zero-order valence-corrected chi connectivity index (χ0v) is 11.8. The van der Waals surface area contributed by atoms with E-state index in [0.717, 1.165) is 10.6 Å². The Bertz CT molecular complexity index is 653. The summed E-state index contributed by atoms with van der Waals surface area (Å²) in [6.07, 6.45) is 0. The van der Waals surface area contributed by atoms with Crippen molar-refractivity contribution in [2.45, 2.75) is 0 Å². The lowest BCUT2D eigenvalue weighted by Crippen LogP contribution is -2.19. The predicted octanol–water partition coefficient (Wildman–Crippen LogP) is 2.71. The molecule has 1 aromatic carbocycles. The molecule has 1 aliphatic heterocycles. The number of hydrogen-bond acceptors (Lipinski definition) is 6. The van der Waals surface area contributed by atoms with E-state index in [9.17, 15) is 4.79 Å². The minimum absolute atomic E-state index is 0.0359. The number of carbonyl (C=O) groups excluding carboxylic acids is 1. The molecule has 0 atom stereocenters. The van der Waals surface area contributed by atoms with Crippen LogP contribution < -0.4 is 5.32 Å². The van der Waals surface area contributed by atoms with Crippen LogP contribution in [-0.4, -0.2) is 27.0 Å². The van der Waals surface area contributed by atoms with Crippen LogP contribution in [0.2, 0.25) is 5.02 Å². The Morgan fingerprint density at radius 1 is 1.26 bits per heavy atom. The molecule has 2 aromatic rings. The number of hydrogen-bond donors (Lipinski definition) is 1. The third-order valence-electron chi connectivity index (χ3n) is 2.29. The predicted molar refractivity (Wildman–Crippen MR) is 78.1 cm³/mol. The summed E-state index contributed by atoms with van der Waals surface area (Å²) in [6, 6.07) is 7.37. The van der Waals surface area contributed by atoms with E-state index < -0.39 is 0 Å². The van der Waals surface area contributed by atoms with Crippen LogP contribution >= 0.6 is 34.7 Å². The van der Waals surface area contributed by atoms with Gasteiger partial charge in [-0.25, -0.2) is 0 Å². The van der Waals surface area contributed by atoms with Crippen molar-refractivity contribution in [3.05, 3.63) is 29.3 Å². The summed E-state index contributed by atoms with van der Waals surface area (Å²) in [4.78, 5) is 15.3. The summed E-state index contributed by atoms with van der Waals surface area (Å²) in [6.45, 7) is 0. The Kier molecular flexibility index (Phi) is 3.50. The highest BCUT2D eigenvalue weighted by Gasteiger charge is 2.17. The van der Waals surface area contributed by atoms with Crippen LogP contribution in [0.25, 0.3) is 10.6 Å². The molecule has 1 N–H and O–H groups in total. The van der Waals surface area contributed by atoms with Crippen LogP contribution in [0, 0.1) is 0 Å². The Balaban J connectivity index is 1.83. The Hall–Kier alpha value is -1.44. The molecule has 1 aliphatic rings. The van der Waals surface area contributed by atoms with Gasteiger partial charge >= 0.3 is 0 Å². The molecule has 96 valence electrons. The fraction of sp³-hybridized carbons (Fsp3) is 0.0909. The minimum Gasteiger partial charge on any atom is -0.304 e. The maximum atomic E-state index is 11.0. The van der Waals surface area contributed by atoms with E-state index in [-0.39, 0.29) is 5.91 Å². The first-order valence-electron chi connectivity index (χ1n) is 5.31. The number of nitrogens with one attached hydrogen (secondary N) is 1. The largest absolute Gasteiger partial charge is 0.304 e. The molecule has 3 rings (SSSR count). The monoisotopic (exact) mass is 310 g/mol. The quantitative estimate of drug-likeness (QED) is 0.926. The first kappa shape index (κ1) is 12.6. The standard InChI is InChI=1S/C11H7ClN4OS2/c12-7-3-1-6(2-4-7)9-15-16-11(19-9)14-10-13-8(17)5-18-10/h1-4H,5H2,(H,13,14,16,17). The van der Waals surface area contributed by atoms with Crippen LogP contribution in [0.1, 0.15) is 0 Å². The lowest BCUT2D eigenvalue weighted by molar-refractivity contribution is -0.116. The first-order valence-corrected chi connectivity index (χ1v) is 7.49. The maximum Gasteiger partial charge on any atom is 0.236 e.